The number of nitrogens with zero attached hydrogens (tertiary/aromatic N) is 1. The maximum atomic E-state index is 14.4. The molecule has 0 saturated carbocycles. The second-order valence-corrected chi connectivity index (χ2v) is 6.75. The maximum Gasteiger partial charge on any atom is 0.165 e. The van der Waals surface area contributed by atoms with Crippen LogP contribution in [0.3, 0.4) is 0 Å². The number of nitrogens with one attached hydrogen (secondary N) is 1. The largest absolute Gasteiger partial charge is 0.363 e. The lowest BCUT2D eigenvalue weighted by molar-refractivity contribution is 0.244. The van der Waals surface area contributed by atoms with E-state index in [9.17, 15) is 4.39 Å². The Kier molecular flexibility index (Phi) is 4.70. The van der Waals surface area contributed by atoms with Crippen molar-refractivity contribution in [2.45, 2.75) is 63.6 Å². The zero-order valence-electron chi connectivity index (χ0n) is 12.6. The van der Waals surface area contributed by atoms with Gasteiger partial charge in [0.05, 0.1) is 10.7 Å². The predicted octanol–water partition coefficient (Wildman–Crippen LogP) is 4.37. The number of halogens is 2. The molecule has 0 spiro atoms. The number of rotatable bonds is 4. The van der Waals surface area contributed by atoms with Crippen LogP contribution in [0.2, 0.25) is 5.02 Å². The van der Waals surface area contributed by atoms with Crippen LogP contribution >= 0.6 is 11.6 Å². The molecule has 2 saturated heterocycles. The summed E-state index contributed by atoms with van der Waals surface area (Å²) in [6.07, 6.45) is 6.97. The molecule has 116 valence electrons. The fourth-order valence-corrected chi connectivity index (χ4v) is 4.15. The van der Waals surface area contributed by atoms with E-state index in [-0.39, 0.29) is 10.8 Å². The van der Waals surface area contributed by atoms with Gasteiger partial charge in [-0.2, -0.15) is 0 Å². The number of anilines is 1. The van der Waals surface area contributed by atoms with Crippen LogP contribution in [0.25, 0.3) is 0 Å². The molecule has 3 rings (SSSR count). The Morgan fingerprint density at radius 1 is 1.29 bits per heavy atom. The predicted molar refractivity (Wildman–Crippen MR) is 86.6 cm³/mol. The topological polar surface area (TPSA) is 15.3 Å². The normalized spacial score (nSPS) is 28.7. The first kappa shape index (κ1) is 15.1. The maximum absolute atomic E-state index is 14.4. The minimum absolute atomic E-state index is 0.233. The van der Waals surface area contributed by atoms with Crippen molar-refractivity contribution in [1.82, 2.24) is 5.32 Å². The summed E-state index contributed by atoms with van der Waals surface area (Å²) < 4.78 is 14.4. The number of piperidine rings is 2. The van der Waals surface area contributed by atoms with Crippen molar-refractivity contribution in [2.24, 2.45) is 0 Å². The molecule has 2 fully saturated rings. The summed E-state index contributed by atoms with van der Waals surface area (Å²) in [6, 6.07) is 6.84. The average Bonchev–Trinajstić information content (AvgIpc) is 2.47. The van der Waals surface area contributed by atoms with E-state index in [0.29, 0.717) is 23.8 Å². The zero-order chi connectivity index (χ0) is 14.8. The minimum Gasteiger partial charge on any atom is -0.363 e. The number of hydrogen-bond acceptors (Lipinski definition) is 2. The van der Waals surface area contributed by atoms with E-state index in [1.54, 1.807) is 6.07 Å². The molecule has 0 aromatic heterocycles. The third-order valence-electron chi connectivity index (χ3n) is 4.87. The third kappa shape index (κ3) is 3.04. The van der Waals surface area contributed by atoms with Crippen LogP contribution in [-0.4, -0.2) is 24.7 Å². The molecule has 21 heavy (non-hydrogen) atoms. The molecule has 0 aliphatic carbocycles. The Morgan fingerprint density at radius 2 is 2.00 bits per heavy atom. The monoisotopic (exact) mass is 310 g/mol. The molecule has 1 aromatic carbocycles. The van der Waals surface area contributed by atoms with Gasteiger partial charge in [0.1, 0.15) is 0 Å². The van der Waals surface area contributed by atoms with E-state index < -0.39 is 0 Å². The fourth-order valence-electron chi connectivity index (χ4n) is 3.98. The zero-order valence-corrected chi connectivity index (χ0v) is 13.4. The van der Waals surface area contributed by atoms with Crippen LogP contribution in [0, 0.1) is 5.82 Å². The quantitative estimate of drug-likeness (QED) is 0.888. The summed E-state index contributed by atoms with van der Waals surface area (Å²) in [5.74, 6) is -0.254. The molecule has 1 aromatic rings. The fraction of sp³-hybridized carbons (Fsp3) is 0.647. The standard InChI is InChI=1S/C17H24ClFN2/c1-2-9-20-12-10-13-5-3-6-14(11-12)21(13)16-8-4-7-15(18)17(16)19/h4,7-8,12-14,20H,2-3,5-6,9-11H2,1H3. The second kappa shape index (κ2) is 6.53. The van der Waals surface area contributed by atoms with Crippen LogP contribution in [0.4, 0.5) is 10.1 Å². The molecule has 2 nitrogen and oxygen atoms in total. The summed E-state index contributed by atoms with van der Waals surface area (Å²) in [5, 5.41) is 3.88. The summed E-state index contributed by atoms with van der Waals surface area (Å²) >= 11 is 5.97. The Hall–Kier alpha value is -0.800. The first-order valence-corrected chi connectivity index (χ1v) is 8.54. The van der Waals surface area contributed by atoms with Crippen LogP contribution in [0.15, 0.2) is 18.2 Å². The molecule has 1 N–H and O–H groups in total. The van der Waals surface area contributed by atoms with Crippen LogP contribution < -0.4 is 10.2 Å². The molecule has 2 aliphatic rings. The van der Waals surface area contributed by atoms with Gasteiger partial charge in [-0.1, -0.05) is 24.6 Å². The van der Waals surface area contributed by atoms with Gasteiger partial charge in [0.15, 0.2) is 5.82 Å². The average molecular weight is 311 g/mol. The highest BCUT2D eigenvalue weighted by Crippen LogP contribution is 2.39. The van der Waals surface area contributed by atoms with E-state index in [1.807, 2.05) is 12.1 Å². The van der Waals surface area contributed by atoms with E-state index in [4.69, 9.17) is 11.6 Å². The van der Waals surface area contributed by atoms with Gasteiger partial charge < -0.3 is 10.2 Å². The Balaban J connectivity index is 1.82. The molecule has 2 bridgehead atoms. The highest BCUT2D eigenvalue weighted by atomic mass is 35.5. The summed E-state index contributed by atoms with van der Waals surface area (Å²) in [6.45, 7) is 3.28. The number of hydrogen-bond donors (Lipinski definition) is 1. The Bertz CT molecular complexity index is 480. The van der Waals surface area contributed by atoms with E-state index >= 15 is 0 Å². The van der Waals surface area contributed by atoms with Gasteiger partial charge in [0, 0.05) is 18.1 Å². The van der Waals surface area contributed by atoms with Gasteiger partial charge >= 0.3 is 0 Å². The van der Waals surface area contributed by atoms with Gasteiger partial charge in [0.2, 0.25) is 0 Å². The molecule has 2 atom stereocenters. The lowest BCUT2D eigenvalue weighted by atomic mass is 9.81. The van der Waals surface area contributed by atoms with Gasteiger partial charge in [-0.3, -0.25) is 0 Å². The van der Waals surface area contributed by atoms with Crippen molar-refractivity contribution in [1.29, 1.82) is 0 Å². The lowest BCUT2D eigenvalue weighted by Crippen LogP contribution is -2.56. The van der Waals surface area contributed by atoms with E-state index in [2.05, 4.69) is 17.1 Å². The number of fused-ring (bicyclic) bond motifs is 2. The highest BCUT2D eigenvalue weighted by molar-refractivity contribution is 6.31. The van der Waals surface area contributed by atoms with Gasteiger partial charge in [0.25, 0.3) is 0 Å². The first-order chi connectivity index (χ1) is 10.2. The Labute approximate surface area is 131 Å². The number of benzene rings is 1. The van der Waals surface area contributed by atoms with Gasteiger partial charge in [-0.25, -0.2) is 4.39 Å². The lowest BCUT2D eigenvalue weighted by Gasteiger charge is -2.50. The second-order valence-electron chi connectivity index (χ2n) is 6.34. The van der Waals surface area contributed by atoms with Gasteiger partial charge in [-0.05, 0) is 57.2 Å². The molecule has 0 amide bonds. The van der Waals surface area contributed by atoms with Crippen molar-refractivity contribution >= 4 is 17.3 Å². The van der Waals surface area contributed by atoms with Crippen molar-refractivity contribution < 1.29 is 4.39 Å². The molecule has 0 radical (unpaired) electrons. The summed E-state index contributed by atoms with van der Waals surface area (Å²) in [7, 11) is 0. The molecule has 4 heteroatoms. The van der Waals surface area contributed by atoms with Crippen molar-refractivity contribution in [3.63, 3.8) is 0 Å². The molecule has 2 aliphatic heterocycles. The summed E-state index contributed by atoms with van der Waals surface area (Å²) in [4.78, 5) is 2.31. The summed E-state index contributed by atoms with van der Waals surface area (Å²) in [5.41, 5.74) is 0.700. The van der Waals surface area contributed by atoms with E-state index in [1.165, 1.54) is 12.8 Å². The van der Waals surface area contributed by atoms with Crippen LogP contribution in [-0.2, 0) is 0 Å². The SMILES string of the molecule is CCCNC1CC2CCCC(C1)N2c1cccc(Cl)c1F. The molecule has 2 unspecified atom stereocenters. The first-order valence-electron chi connectivity index (χ1n) is 8.16. The third-order valence-corrected chi connectivity index (χ3v) is 5.16. The highest BCUT2D eigenvalue weighted by Gasteiger charge is 2.39. The van der Waals surface area contributed by atoms with Gasteiger partial charge in [-0.15, -0.1) is 0 Å². The van der Waals surface area contributed by atoms with Crippen molar-refractivity contribution in [3.8, 4) is 0 Å². The minimum atomic E-state index is -0.254. The van der Waals surface area contributed by atoms with Crippen LogP contribution in [0.5, 0.6) is 0 Å². The van der Waals surface area contributed by atoms with Crippen molar-refractivity contribution in [3.05, 3.63) is 29.0 Å². The molecular formula is C17H24ClFN2. The smallest absolute Gasteiger partial charge is 0.165 e. The van der Waals surface area contributed by atoms with Crippen LogP contribution in [0.1, 0.15) is 45.4 Å². The molecule has 2 heterocycles. The Morgan fingerprint density at radius 3 is 2.67 bits per heavy atom. The molecular weight excluding hydrogens is 287 g/mol. The van der Waals surface area contributed by atoms with E-state index in [0.717, 1.165) is 32.2 Å². The van der Waals surface area contributed by atoms with Crippen molar-refractivity contribution in [2.75, 3.05) is 11.4 Å².